The van der Waals surface area contributed by atoms with Gasteiger partial charge in [-0.05, 0) is 91.5 Å². The van der Waals surface area contributed by atoms with Crippen molar-refractivity contribution in [3.05, 3.63) is 64.5 Å². The lowest BCUT2D eigenvalue weighted by atomic mass is 9.59. The van der Waals surface area contributed by atoms with Gasteiger partial charge in [0.2, 0.25) is 0 Å². The zero-order valence-electron chi connectivity index (χ0n) is 34.1. The van der Waals surface area contributed by atoms with E-state index < -0.39 is 5.97 Å². The van der Waals surface area contributed by atoms with Gasteiger partial charge >= 0.3 is 5.97 Å². The summed E-state index contributed by atoms with van der Waals surface area (Å²) >= 11 is 0. The lowest BCUT2D eigenvalue weighted by Gasteiger charge is -2.50. The normalized spacial score (nSPS) is 21.7. The summed E-state index contributed by atoms with van der Waals surface area (Å²) in [6, 6.07) is 14.8. The van der Waals surface area contributed by atoms with Crippen LogP contribution in [-0.2, 0) is 14.9 Å². The van der Waals surface area contributed by atoms with Gasteiger partial charge in [0.25, 0.3) is 0 Å². The zero-order chi connectivity index (χ0) is 38.5. The highest BCUT2D eigenvalue weighted by Crippen LogP contribution is 2.50. The molecule has 278 valence electrons. The maximum Gasteiger partial charge on any atom is 0.343 e. The van der Waals surface area contributed by atoms with E-state index in [0.29, 0.717) is 11.7 Å². The van der Waals surface area contributed by atoms with Gasteiger partial charge in [0.15, 0.2) is 17.5 Å². The molecule has 52 heavy (non-hydrogen) atoms. The predicted molar refractivity (Wildman–Crippen MR) is 213 cm³/mol. The molecular weight excluding hydrogens is 645 g/mol. The summed E-state index contributed by atoms with van der Waals surface area (Å²) in [7, 11) is 0. The van der Waals surface area contributed by atoms with Crippen LogP contribution in [0, 0.1) is 53.8 Å². The van der Waals surface area contributed by atoms with E-state index in [1.54, 1.807) is 4.68 Å². The second-order valence-corrected chi connectivity index (χ2v) is 18.3. The molecule has 2 heterocycles. The molecule has 8 nitrogen and oxygen atoms in total. The lowest BCUT2D eigenvalue weighted by Crippen LogP contribution is -2.49. The van der Waals surface area contributed by atoms with Crippen LogP contribution in [0.5, 0.6) is 0 Å². The summed E-state index contributed by atoms with van der Waals surface area (Å²) in [6.07, 6.45) is 1.62. The molecule has 2 unspecified atom stereocenters. The first kappa shape index (κ1) is 39.0. The number of aliphatic imine (C=N–C) groups is 1. The van der Waals surface area contributed by atoms with Gasteiger partial charge in [0, 0.05) is 36.2 Å². The average Bonchev–Trinajstić information content (AvgIpc) is 3.59. The Morgan fingerprint density at radius 1 is 0.942 bits per heavy atom. The highest BCUT2D eigenvalue weighted by molar-refractivity contribution is 6.30. The summed E-state index contributed by atoms with van der Waals surface area (Å²) in [6.45, 7) is 32.4. The van der Waals surface area contributed by atoms with Crippen LogP contribution < -0.4 is 4.90 Å². The lowest BCUT2D eigenvalue weighted by molar-refractivity contribution is -0.162. The van der Waals surface area contributed by atoms with Gasteiger partial charge in [-0.1, -0.05) is 93.5 Å². The number of hydrogen-bond acceptors (Lipinski definition) is 7. The van der Waals surface area contributed by atoms with Crippen LogP contribution in [0.2, 0.25) is 0 Å². The van der Waals surface area contributed by atoms with E-state index in [2.05, 4.69) is 118 Å². The van der Waals surface area contributed by atoms with E-state index >= 15 is 0 Å². The number of ether oxygens (including phenoxy) is 1. The van der Waals surface area contributed by atoms with Gasteiger partial charge < -0.3 is 9.64 Å². The third kappa shape index (κ3) is 7.61. The number of nitriles is 1. The van der Waals surface area contributed by atoms with Gasteiger partial charge in [-0.25, -0.2) is 14.8 Å². The van der Waals surface area contributed by atoms with E-state index in [9.17, 15) is 10.1 Å². The van der Waals surface area contributed by atoms with Gasteiger partial charge in [-0.3, -0.25) is 0 Å². The van der Waals surface area contributed by atoms with Crippen LogP contribution in [0.25, 0.3) is 17.0 Å². The minimum absolute atomic E-state index is 0.00754. The Bertz CT molecular complexity index is 1870. The third-order valence-electron chi connectivity index (χ3n) is 11.2. The number of hydrogen-bond donors (Lipinski definition) is 0. The number of aromatic nitrogens is 3. The maximum absolute atomic E-state index is 14.7. The number of esters is 1. The fraction of sp³-hybridized carbons (Fsp3) is 0.568. The molecule has 5 rings (SSSR count). The Morgan fingerprint density at radius 3 is 1.94 bits per heavy atom. The van der Waals surface area contributed by atoms with Crippen molar-refractivity contribution in [1.82, 2.24) is 14.8 Å². The van der Waals surface area contributed by atoms with Crippen molar-refractivity contribution in [2.75, 3.05) is 18.0 Å². The Balaban J connectivity index is 1.68. The fourth-order valence-corrected chi connectivity index (χ4v) is 8.13. The molecule has 2 atom stereocenters. The molecule has 1 aromatic heterocycles. The maximum atomic E-state index is 14.7. The first-order valence-electron chi connectivity index (χ1n) is 19.1. The Morgan fingerprint density at radius 2 is 1.48 bits per heavy atom. The molecule has 0 N–H and O–H groups in total. The molecule has 0 amide bonds. The molecule has 0 spiro atoms. The van der Waals surface area contributed by atoms with E-state index in [1.807, 2.05) is 26.0 Å². The molecule has 0 saturated heterocycles. The SMILES string of the molecule is CCN(CC)c1cc(C)c(N=C2C(C#N)=C(C(=O)OC3C(C(C)(C)C)CC(C)CC3C(C)(C)C)c3nc(-c4ccc(C(C)(C)C)cc4)nn32)c(C)c1. The molecule has 1 fully saturated rings. The molecule has 3 aromatic rings. The van der Waals surface area contributed by atoms with Crippen molar-refractivity contribution < 1.29 is 9.53 Å². The quantitative estimate of drug-likeness (QED) is 0.227. The molecule has 0 radical (unpaired) electrons. The summed E-state index contributed by atoms with van der Waals surface area (Å²) in [5, 5.41) is 15.7. The van der Waals surface area contributed by atoms with Gasteiger partial charge in [0.1, 0.15) is 23.3 Å². The van der Waals surface area contributed by atoms with E-state index in [1.165, 1.54) is 5.56 Å². The largest absolute Gasteiger partial charge is 0.458 e. The fourth-order valence-electron chi connectivity index (χ4n) is 8.13. The summed E-state index contributed by atoms with van der Waals surface area (Å²) < 4.78 is 8.26. The monoisotopic (exact) mass is 704 g/mol. The number of rotatable bonds is 7. The molecule has 0 bridgehead atoms. The first-order valence-corrected chi connectivity index (χ1v) is 19.1. The van der Waals surface area contributed by atoms with Crippen molar-refractivity contribution >= 4 is 28.8 Å². The smallest absolute Gasteiger partial charge is 0.343 e. The molecule has 1 aliphatic heterocycles. The zero-order valence-corrected chi connectivity index (χ0v) is 34.1. The molecule has 8 heteroatoms. The van der Waals surface area contributed by atoms with Crippen molar-refractivity contribution in [1.29, 1.82) is 5.26 Å². The van der Waals surface area contributed by atoms with Crippen molar-refractivity contribution in [2.45, 2.75) is 121 Å². The molecular formula is C44H60N6O2. The minimum Gasteiger partial charge on any atom is -0.458 e. The summed E-state index contributed by atoms with van der Waals surface area (Å²) in [4.78, 5) is 27.1. The van der Waals surface area contributed by atoms with Crippen LogP contribution in [0.4, 0.5) is 11.4 Å². The van der Waals surface area contributed by atoms with Gasteiger partial charge in [-0.2, -0.15) is 9.94 Å². The second-order valence-electron chi connectivity index (χ2n) is 18.3. The number of carbonyl (C=O) groups is 1. The average molecular weight is 705 g/mol. The molecule has 2 aromatic carbocycles. The first-order chi connectivity index (χ1) is 24.2. The topological polar surface area (TPSA) is 96.4 Å². The standard InChI is InChI=1S/C44H60N6O2/c1-15-49(16-2)31-23-27(4)36(28(5)24-31)46-39-32(25-45)35(40-47-38(48-50(39)40)29-17-19-30(20-18-29)42(6,7)8)41(51)52-37-33(43(9,10)11)21-26(3)22-34(37)44(12,13)14/h17-20,23-24,26,33-34,37H,15-16,21-22H2,1-14H3. The van der Waals surface area contributed by atoms with E-state index in [0.717, 1.165) is 54.0 Å². The van der Waals surface area contributed by atoms with Gasteiger partial charge in [-0.15, -0.1) is 5.10 Å². The second kappa shape index (κ2) is 14.3. The molecule has 2 aliphatic rings. The number of carbonyl (C=O) groups excluding carboxylic acids is 1. The van der Waals surface area contributed by atoms with E-state index in [4.69, 9.17) is 19.8 Å². The molecule has 1 aliphatic carbocycles. The van der Waals surface area contributed by atoms with Crippen molar-refractivity contribution in [3.63, 3.8) is 0 Å². The third-order valence-corrected chi connectivity index (χ3v) is 11.2. The summed E-state index contributed by atoms with van der Waals surface area (Å²) in [5.74, 6) is 1.30. The van der Waals surface area contributed by atoms with Crippen LogP contribution >= 0.6 is 0 Å². The Labute approximate surface area is 312 Å². The Hall–Kier alpha value is -4.25. The number of benzene rings is 2. The highest BCUT2D eigenvalue weighted by Gasteiger charge is 2.49. The van der Waals surface area contributed by atoms with Crippen molar-refractivity contribution in [3.8, 4) is 17.5 Å². The Kier molecular flexibility index (Phi) is 10.7. The van der Waals surface area contributed by atoms with Crippen LogP contribution in [0.3, 0.4) is 0 Å². The van der Waals surface area contributed by atoms with Crippen molar-refractivity contribution in [2.24, 2.45) is 33.6 Å². The molecule has 1 saturated carbocycles. The summed E-state index contributed by atoms with van der Waals surface area (Å²) in [5.41, 5.74) is 5.90. The number of fused-ring (bicyclic) bond motifs is 1. The number of nitrogens with zero attached hydrogens (tertiary/aromatic N) is 6. The number of anilines is 1. The number of aryl methyl sites for hydroxylation is 2. The van der Waals surface area contributed by atoms with Crippen LogP contribution in [0.1, 0.15) is 118 Å². The van der Waals surface area contributed by atoms with E-state index in [-0.39, 0.29) is 57.0 Å². The minimum atomic E-state index is -0.543. The van der Waals surface area contributed by atoms with Crippen LogP contribution in [-0.4, -0.2) is 45.8 Å². The highest BCUT2D eigenvalue weighted by atomic mass is 16.5. The predicted octanol–water partition coefficient (Wildman–Crippen LogP) is 10.2. The van der Waals surface area contributed by atoms with Gasteiger partial charge in [0.05, 0.1) is 5.69 Å². The number of allylic oxidation sites excluding steroid dienone is 1. The van der Waals surface area contributed by atoms with Crippen LogP contribution in [0.15, 0.2) is 47.0 Å².